The monoisotopic (exact) mass is 458 g/mol. The number of carboxylic acid groups (broad SMARTS) is 2. The lowest BCUT2D eigenvalue weighted by Gasteiger charge is -2.29. The van der Waals surface area contributed by atoms with Gasteiger partial charge in [0.05, 0.1) is 18.4 Å². The number of carbonyl (C=O) groups is 3. The molecule has 0 aliphatic carbocycles. The van der Waals surface area contributed by atoms with E-state index in [1.54, 1.807) is 30.5 Å². The number of aromatic nitrogens is 2. The number of fused-ring (bicyclic) bond motifs is 1. The van der Waals surface area contributed by atoms with Crippen molar-refractivity contribution in [2.75, 3.05) is 17.3 Å². The summed E-state index contributed by atoms with van der Waals surface area (Å²) in [6.45, 7) is 0.418. The van der Waals surface area contributed by atoms with Crippen molar-refractivity contribution in [2.24, 2.45) is 11.5 Å². The van der Waals surface area contributed by atoms with Crippen molar-refractivity contribution in [3.05, 3.63) is 47.4 Å². The van der Waals surface area contributed by atoms with Crippen LogP contribution < -0.4 is 32.3 Å². The number of nitrogens with two attached hydrogens (primary N) is 2. The second kappa shape index (κ2) is 10.2. The number of nitrogens with one attached hydrogen (secondary N) is 3. The van der Waals surface area contributed by atoms with Crippen molar-refractivity contribution >= 4 is 29.4 Å². The first-order valence-electron chi connectivity index (χ1n) is 10.1. The molecule has 13 nitrogen and oxygen atoms in total. The van der Waals surface area contributed by atoms with Gasteiger partial charge in [-0.15, -0.1) is 0 Å². The van der Waals surface area contributed by atoms with E-state index in [4.69, 9.17) is 16.6 Å². The summed E-state index contributed by atoms with van der Waals surface area (Å²) in [5, 5.41) is 26.1. The predicted octanol–water partition coefficient (Wildman–Crippen LogP) is -0.624. The van der Waals surface area contributed by atoms with Crippen molar-refractivity contribution in [3.8, 4) is 0 Å². The van der Waals surface area contributed by atoms with Gasteiger partial charge in [0, 0.05) is 24.7 Å². The van der Waals surface area contributed by atoms with Crippen molar-refractivity contribution < 1.29 is 24.6 Å². The second-order valence-electron chi connectivity index (χ2n) is 7.56. The van der Waals surface area contributed by atoms with Gasteiger partial charge in [-0.25, -0.2) is 14.8 Å². The Hall–Kier alpha value is -3.81. The highest BCUT2D eigenvalue weighted by atomic mass is 16.4. The van der Waals surface area contributed by atoms with Gasteiger partial charge < -0.3 is 31.5 Å². The van der Waals surface area contributed by atoms with E-state index in [1.807, 2.05) is 11.9 Å². The van der Waals surface area contributed by atoms with Crippen molar-refractivity contribution in [2.45, 2.75) is 37.9 Å². The molecule has 33 heavy (non-hydrogen) atoms. The molecule has 176 valence electrons. The Morgan fingerprint density at radius 1 is 1.21 bits per heavy atom. The molecule has 0 bridgehead atoms. The van der Waals surface area contributed by atoms with Gasteiger partial charge in [0.1, 0.15) is 24.2 Å². The Morgan fingerprint density at radius 2 is 1.91 bits per heavy atom. The molecule has 1 aliphatic rings. The number of aliphatic carboxylic acids is 2. The fourth-order valence-corrected chi connectivity index (χ4v) is 3.28. The van der Waals surface area contributed by atoms with Gasteiger partial charge in [0.2, 0.25) is 0 Å². The summed E-state index contributed by atoms with van der Waals surface area (Å²) in [6, 6.07) is 5.24. The normalized spacial score (nSPS) is 17.9. The number of rotatable bonds is 9. The third-order valence-corrected chi connectivity index (χ3v) is 5.02. The lowest BCUT2D eigenvalue weighted by Crippen LogP contribution is -2.52. The Labute approximate surface area is 189 Å². The quantitative estimate of drug-likeness (QED) is 0.251. The number of amides is 1. The number of anilines is 2. The molecule has 2 heterocycles. The van der Waals surface area contributed by atoms with E-state index in [0.717, 1.165) is 5.69 Å². The molecule has 1 aromatic heterocycles. The van der Waals surface area contributed by atoms with Gasteiger partial charge in [-0.3, -0.25) is 20.6 Å². The average molecular weight is 458 g/mol. The zero-order chi connectivity index (χ0) is 24.1. The van der Waals surface area contributed by atoms with E-state index in [2.05, 4.69) is 25.9 Å². The highest BCUT2D eigenvalue weighted by Gasteiger charge is 2.24. The van der Waals surface area contributed by atoms with Crippen LogP contribution in [0.4, 0.5) is 11.5 Å². The summed E-state index contributed by atoms with van der Waals surface area (Å²) in [5.74, 6) is -2.50. The minimum absolute atomic E-state index is 0.209. The summed E-state index contributed by atoms with van der Waals surface area (Å²) in [5.41, 5.74) is 14.1. The highest BCUT2D eigenvalue weighted by Crippen LogP contribution is 2.21. The van der Waals surface area contributed by atoms with Crippen LogP contribution in [0.5, 0.6) is 0 Å². The van der Waals surface area contributed by atoms with Gasteiger partial charge in [-0.1, -0.05) is 0 Å². The number of benzene rings is 1. The Balaban J connectivity index is 1.63. The smallest absolute Gasteiger partial charge is 0.326 e. The largest absolute Gasteiger partial charge is 0.481 e. The first-order valence-corrected chi connectivity index (χ1v) is 10.1. The summed E-state index contributed by atoms with van der Waals surface area (Å²) in [4.78, 5) is 45.1. The number of hydrogen-bond donors (Lipinski definition) is 7. The van der Waals surface area contributed by atoms with E-state index in [1.165, 1.54) is 0 Å². The maximum atomic E-state index is 12.4. The molecule has 3 rings (SSSR count). The maximum Gasteiger partial charge on any atom is 0.326 e. The molecule has 3 atom stereocenters. The SMILES string of the molecule is CN(Cc1cnc2c(n1)C(N)NC(N)N2)c1ccc(C(=O)N[C@@H](CCC(=O)O)C(=O)O)cc1. The number of nitrogens with zero attached hydrogens (tertiary/aromatic N) is 3. The third-order valence-electron chi connectivity index (χ3n) is 5.02. The van der Waals surface area contributed by atoms with Crippen LogP contribution in [-0.2, 0) is 16.1 Å². The van der Waals surface area contributed by atoms with Crippen LogP contribution in [0, 0.1) is 0 Å². The number of carbonyl (C=O) groups excluding carboxylic acids is 1. The standard InChI is InChI=1S/C20H26N8O5/c1-28(9-11-8-23-17-15(24-11)16(21)26-20(22)27-17)12-4-2-10(3-5-12)18(31)25-13(19(32)33)6-7-14(29)30/h2-5,8,13,16,20,26H,6-7,9,21-22H2,1H3,(H,23,27)(H,25,31)(H,29,30)(H,32,33)/t13-,16?,20?/m0/s1. The molecule has 0 fully saturated rings. The van der Waals surface area contributed by atoms with Crippen LogP contribution >= 0.6 is 0 Å². The van der Waals surface area contributed by atoms with Crippen LogP contribution in [-0.4, -0.2) is 57.4 Å². The van der Waals surface area contributed by atoms with Gasteiger partial charge >= 0.3 is 11.9 Å². The summed E-state index contributed by atoms with van der Waals surface area (Å²) < 4.78 is 0. The molecule has 1 amide bonds. The molecular weight excluding hydrogens is 432 g/mol. The molecule has 9 N–H and O–H groups in total. The highest BCUT2D eigenvalue weighted by molar-refractivity contribution is 5.97. The molecule has 0 saturated carbocycles. The van der Waals surface area contributed by atoms with Gasteiger partial charge in [-0.05, 0) is 30.7 Å². The topological polar surface area (TPSA) is 209 Å². The molecular formula is C20H26N8O5. The average Bonchev–Trinajstić information content (AvgIpc) is 2.76. The minimum atomic E-state index is -1.29. The maximum absolute atomic E-state index is 12.4. The van der Waals surface area contributed by atoms with Gasteiger partial charge in [0.25, 0.3) is 5.91 Å². The summed E-state index contributed by atoms with van der Waals surface area (Å²) >= 11 is 0. The van der Waals surface area contributed by atoms with Gasteiger partial charge in [0.15, 0.2) is 5.82 Å². The van der Waals surface area contributed by atoms with E-state index in [9.17, 15) is 19.5 Å². The Kier molecular flexibility index (Phi) is 7.37. The summed E-state index contributed by atoms with van der Waals surface area (Å²) in [6.07, 6.45) is -0.000330. The molecule has 2 aromatic rings. The van der Waals surface area contributed by atoms with Crippen LogP contribution in [0.2, 0.25) is 0 Å². The fourth-order valence-electron chi connectivity index (χ4n) is 3.28. The zero-order valence-electron chi connectivity index (χ0n) is 17.9. The van der Waals surface area contributed by atoms with E-state index < -0.39 is 36.3 Å². The van der Waals surface area contributed by atoms with Crippen LogP contribution in [0.3, 0.4) is 0 Å². The molecule has 0 radical (unpaired) electrons. The lowest BCUT2D eigenvalue weighted by atomic mass is 10.1. The third kappa shape index (κ3) is 6.12. The Bertz CT molecular complexity index is 1030. The van der Waals surface area contributed by atoms with Crippen molar-refractivity contribution in [3.63, 3.8) is 0 Å². The molecule has 2 unspecified atom stereocenters. The van der Waals surface area contributed by atoms with Crippen molar-refractivity contribution in [1.29, 1.82) is 0 Å². The summed E-state index contributed by atoms with van der Waals surface area (Å²) in [7, 11) is 1.84. The first kappa shape index (κ1) is 23.8. The van der Waals surface area contributed by atoms with Crippen LogP contribution in [0.25, 0.3) is 0 Å². The lowest BCUT2D eigenvalue weighted by molar-refractivity contribution is -0.140. The fraction of sp³-hybridized carbons (Fsp3) is 0.350. The minimum Gasteiger partial charge on any atom is -0.481 e. The Morgan fingerprint density at radius 3 is 2.55 bits per heavy atom. The van der Waals surface area contributed by atoms with Crippen molar-refractivity contribution in [1.82, 2.24) is 20.6 Å². The van der Waals surface area contributed by atoms with Gasteiger partial charge in [-0.2, -0.15) is 0 Å². The number of hydrogen-bond acceptors (Lipinski definition) is 10. The molecule has 1 aromatic carbocycles. The van der Waals surface area contributed by atoms with E-state index >= 15 is 0 Å². The number of carboxylic acids is 2. The first-order chi connectivity index (χ1) is 15.6. The van der Waals surface area contributed by atoms with Crippen LogP contribution in [0.1, 0.15) is 40.8 Å². The zero-order valence-corrected chi connectivity index (χ0v) is 17.9. The van der Waals surface area contributed by atoms with Crippen LogP contribution in [0.15, 0.2) is 30.5 Å². The van der Waals surface area contributed by atoms with E-state index in [0.29, 0.717) is 23.8 Å². The second-order valence-corrected chi connectivity index (χ2v) is 7.56. The molecule has 0 saturated heterocycles. The predicted molar refractivity (Wildman–Crippen MR) is 118 cm³/mol. The molecule has 13 heteroatoms. The molecule has 1 aliphatic heterocycles. The van der Waals surface area contributed by atoms with E-state index in [-0.39, 0.29) is 18.4 Å². The molecule has 0 spiro atoms.